The first-order valence-corrected chi connectivity index (χ1v) is 10.3. The fourth-order valence-corrected chi connectivity index (χ4v) is 4.10. The summed E-state index contributed by atoms with van der Waals surface area (Å²) in [5.74, 6) is -1.59. The van der Waals surface area contributed by atoms with E-state index < -0.39 is 23.5 Å². The predicted molar refractivity (Wildman–Crippen MR) is 124 cm³/mol. The normalized spacial score (nSPS) is 17.3. The Morgan fingerprint density at radius 1 is 0.939 bits per heavy atom. The highest BCUT2D eigenvalue weighted by atomic mass is 35.5. The minimum atomic E-state index is -0.987. The van der Waals surface area contributed by atoms with Crippen LogP contribution in [0.2, 0.25) is 5.02 Å². The van der Waals surface area contributed by atoms with Gasteiger partial charge in [0.15, 0.2) is 0 Å². The molecule has 1 fully saturated rings. The molecule has 4 rings (SSSR count). The highest BCUT2D eigenvalue weighted by molar-refractivity contribution is 6.52. The van der Waals surface area contributed by atoms with E-state index in [1.807, 2.05) is 0 Å². The first-order valence-electron chi connectivity index (χ1n) is 9.94. The number of hydrogen-bond acceptors (Lipinski definition) is 6. The average Bonchev–Trinajstić information content (AvgIpc) is 3.09. The Labute approximate surface area is 195 Å². The molecule has 1 atom stereocenters. The smallest absolute Gasteiger partial charge is 0.300 e. The van der Waals surface area contributed by atoms with Crippen molar-refractivity contribution in [2.75, 3.05) is 19.1 Å². The van der Waals surface area contributed by atoms with Gasteiger partial charge in [0.2, 0.25) is 0 Å². The number of aromatic hydroxyl groups is 1. The van der Waals surface area contributed by atoms with E-state index in [9.17, 15) is 19.8 Å². The predicted octanol–water partition coefficient (Wildman–Crippen LogP) is 4.69. The lowest BCUT2D eigenvalue weighted by Gasteiger charge is -2.26. The molecule has 8 heteroatoms. The van der Waals surface area contributed by atoms with Crippen LogP contribution < -0.4 is 14.4 Å². The van der Waals surface area contributed by atoms with Gasteiger partial charge < -0.3 is 19.7 Å². The van der Waals surface area contributed by atoms with E-state index in [0.717, 1.165) is 0 Å². The number of methoxy groups -OCH3 is 2. The van der Waals surface area contributed by atoms with Gasteiger partial charge in [0.05, 0.1) is 25.8 Å². The van der Waals surface area contributed by atoms with Gasteiger partial charge >= 0.3 is 0 Å². The summed E-state index contributed by atoms with van der Waals surface area (Å²) in [6, 6.07) is 16.5. The summed E-state index contributed by atoms with van der Waals surface area (Å²) in [5, 5.41) is 21.5. The second kappa shape index (κ2) is 8.88. The van der Waals surface area contributed by atoms with Crippen LogP contribution in [0.3, 0.4) is 0 Å². The van der Waals surface area contributed by atoms with Gasteiger partial charge in [0, 0.05) is 10.7 Å². The Morgan fingerprint density at radius 2 is 1.55 bits per heavy atom. The SMILES string of the molecule is COc1cccc(OC)c1/C(O)=C1\C(=O)C(=O)N(c2cccc(Cl)c2)C1c1ccc(O)cc1. The van der Waals surface area contributed by atoms with Crippen molar-refractivity contribution < 1.29 is 29.3 Å². The molecule has 0 radical (unpaired) electrons. The van der Waals surface area contributed by atoms with Crippen LogP contribution in [0.15, 0.2) is 72.3 Å². The maximum Gasteiger partial charge on any atom is 0.300 e. The van der Waals surface area contributed by atoms with Gasteiger partial charge in [-0.3, -0.25) is 14.5 Å². The number of benzene rings is 3. The number of Topliss-reactive ketones (excluding diaryl/α,β-unsaturated/α-hetero) is 1. The van der Waals surface area contributed by atoms with Crippen molar-refractivity contribution in [3.63, 3.8) is 0 Å². The number of hydrogen-bond donors (Lipinski definition) is 2. The molecule has 0 aromatic heterocycles. The maximum atomic E-state index is 13.3. The third-order valence-corrected chi connectivity index (χ3v) is 5.64. The third-order valence-electron chi connectivity index (χ3n) is 5.40. The topological polar surface area (TPSA) is 96.3 Å². The Balaban J connectivity index is 2.01. The fourth-order valence-electron chi connectivity index (χ4n) is 3.92. The van der Waals surface area contributed by atoms with Gasteiger partial charge in [0.25, 0.3) is 11.7 Å². The van der Waals surface area contributed by atoms with E-state index >= 15 is 0 Å². The quantitative estimate of drug-likeness (QED) is 0.322. The second-order valence-electron chi connectivity index (χ2n) is 7.28. The summed E-state index contributed by atoms with van der Waals surface area (Å²) in [4.78, 5) is 27.7. The number of halogens is 1. The molecule has 3 aromatic rings. The molecule has 168 valence electrons. The number of amides is 1. The summed E-state index contributed by atoms with van der Waals surface area (Å²) in [6.45, 7) is 0. The third kappa shape index (κ3) is 3.87. The van der Waals surface area contributed by atoms with Crippen LogP contribution in [-0.4, -0.2) is 36.1 Å². The van der Waals surface area contributed by atoms with Gasteiger partial charge in [0.1, 0.15) is 28.6 Å². The van der Waals surface area contributed by atoms with Gasteiger partial charge in [-0.25, -0.2) is 0 Å². The van der Waals surface area contributed by atoms with Crippen molar-refractivity contribution in [2.45, 2.75) is 6.04 Å². The zero-order chi connectivity index (χ0) is 23.7. The number of nitrogens with zero attached hydrogens (tertiary/aromatic N) is 1. The van der Waals surface area contributed by atoms with Gasteiger partial charge in [-0.05, 0) is 48.0 Å². The Kier molecular flexibility index (Phi) is 5.98. The summed E-state index contributed by atoms with van der Waals surface area (Å²) < 4.78 is 10.8. The standard InChI is InChI=1S/C25H20ClNO6/c1-32-18-7-4-8-19(33-2)20(18)23(29)21-22(14-9-11-17(28)12-10-14)27(25(31)24(21)30)16-6-3-5-15(26)13-16/h3-13,22,28-29H,1-2H3/b23-21+. The number of carbonyl (C=O) groups excluding carboxylic acids is 2. The van der Waals surface area contributed by atoms with E-state index in [0.29, 0.717) is 16.3 Å². The molecule has 0 spiro atoms. The molecule has 0 saturated carbocycles. The molecule has 1 saturated heterocycles. The Bertz CT molecular complexity index is 1250. The van der Waals surface area contributed by atoms with Gasteiger partial charge in [-0.1, -0.05) is 35.9 Å². The van der Waals surface area contributed by atoms with Crippen molar-refractivity contribution in [1.29, 1.82) is 0 Å². The summed E-state index contributed by atoms with van der Waals surface area (Å²) in [6.07, 6.45) is 0. The summed E-state index contributed by atoms with van der Waals surface area (Å²) in [7, 11) is 2.85. The van der Waals surface area contributed by atoms with Crippen LogP contribution in [0.25, 0.3) is 5.76 Å². The number of aliphatic hydroxyl groups is 1. The lowest BCUT2D eigenvalue weighted by Crippen LogP contribution is -2.29. The molecular weight excluding hydrogens is 446 g/mol. The summed E-state index contributed by atoms with van der Waals surface area (Å²) >= 11 is 6.15. The molecule has 0 aliphatic carbocycles. The average molecular weight is 466 g/mol. The molecule has 1 aliphatic rings. The van der Waals surface area contributed by atoms with E-state index in [-0.39, 0.29) is 28.4 Å². The number of rotatable bonds is 5. The lowest BCUT2D eigenvalue weighted by molar-refractivity contribution is -0.132. The number of phenols is 1. The van der Waals surface area contributed by atoms with Gasteiger partial charge in [-0.2, -0.15) is 0 Å². The molecule has 1 unspecified atom stereocenters. The molecule has 2 N–H and O–H groups in total. The minimum absolute atomic E-state index is 0.0184. The maximum absolute atomic E-state index is 13.3. The van der Waals surface area contributed by atoms with Crippen LogP contribution in [-0.2, 0) is 9.59 Å². The van der Waals surface area contributed by atoms with E-state index in [1.165, 1.54) is 31.3 Å². The van der Waals surface area contributed by atoms with Crippen molar-refractivity contribution >= 4 is 34.7 Å². The van der Waals surface area contributed by atoms with Crippen LogP contribution >= 0.6 is 11.6 Å². The van der Waals surface area contributed by atoms with Crippen LogP contribution in [0, 0.1) is 0 Å². The number of ketones is 1. The monoisotopic (exact) mass is 465 g/mol. The molecule has 1 amide bonds. The molecule has 1 heterocycles. The van der Waals surface area contributed by atoms with Crippen molar-refractivity contribution in [3.8, 4) is 17.2 Å². The molecule has 0 bridgehead atoms. The second-order valence-corrected chi connectivity index (χ2v) is 7.71. The zero-order valence-electron chi connectivity index (χ0n) is 17.8. The van der Waals surface area contributed by atoms with Gasteiger partial charge in [-0.15, -0.1) is 0 Å². The highest BCUT2D eigenvalue weighted by Gasteiger charge is 2.47. The highest BCUT2D eigenvalue weighted by Crippen LogP contribution is 2.45. The Hall–Kier alpha value is -3.97. The number of carbonyl (C=O) groups is 2. The molecule has 1 aliphatic heterocycles. The molecular formula is C25H20ClNO6. The minimum Gasteiger partial charge on any atom is -0.508 e. The fraction of sp³-hybridized carbons (Fsp3) is 0.120. The first-order chi connectivity index (χ1) is 15.9. The summed E-state index contributed by atoms with van der Waals surface area (Å²) in [5.41, 5.74) is 0.889. The van der Waals surface area contributed by atoms with Crippen molar-refractivity contribution in [1.82, 2.24) is 0 Å². The molecule has 33 heavy (non-hydrogen) atoms. The number of ether oxygens (including phenoxy) is 2. The zero-order valence-corrected chi connectivity index (χ0v) is 18.5. The lowest BCUT2D eigenvalue weighted by atomic mass is 9.94. The van der Waals surface area contributed by atoms with Crippen molar-refractivity contribution in [3.05, 3.63) is 88.5 Å². The first kappa shape index (κ1) is 22.2. The largest absolute Gasteiger partial charge is 0.508 e. The number of phenolic OH excluding ortho intramolecular Hbond substituents is 1. The van der Waals surface area contributed by atoms with E-state index in [4.69, 9.17) is 21.1 Å². The van der Waals surface area contributed by atoms with Crippen LogP contribution in [0.1, 0.15) is 17.2 Å². The number of anilines is 1. The molecule has 7 nitrogen and oxygen atoms in total. The van der Waals surface area contributed by atoms with Crippen LogP contribution in [0.4, 0.5) is 5.69 Å². The Morgan fingerprint density at radius 3 is 2.12 bits per heavy atom. The van der Waals surface area contributed by atoms with E-state index in [2.05, 4.69) is 0 Å². The van der Waals surface area contributed by atoms with E-state index in [1.54, 1.807) is 54.6 Å². The molecule has 3 aromatic carbocycles. The van der Waals surface area contributed by atoms with Crippen molar-refractivity contribution in [2.24, 2.45) is 0 Å². The van der Waals surface area contributed by atoms with Crippen LogP contribution in [0.5, 0.6) is 17.2 Å². The number of aliphatic hydroxyl groups excluding tert-OH is 1.